The molecule has 0 aliphatic heterocycles. The molecular weight excluding hydrogens is 430 g/mol. The Balaban J connectivity index is 2.12. The van der Waals surface area contributed by atoms with Crippen molar-refractivity contribution in [3.8, 4) is 5.75 Å². The number of imidazole rings is 1. The quantitative estimate of drug-likeness (QED) is 0.220. The fraction of sp³-hybridized carbons (Fsp3) is 0.263. The van der Waals surface area contributed by atoms with Crippen molar-refractivity contribution in [1.82, 2.24) is 14.5 Å². The Morgan fingerprint density at radius 2 is 1.84 bits per heavy atom. The van der Waals surface area contributed by atoms with Crippen LogP contribution in [0.1, 0.15) is 36.8 Å². The molecule has 2 heterocycles. The van der Waals surface area contributed by atoms with Crippen molar-refractivity contribution in [2.75, 3.05) is 0 Å². The molecule has 0 unspecified atom stereocenters. The van der Waals surface area contributed by atoms with Gasteiger partial charge in [-0.3, -0.25) is 4.98 Å². The lowest BCUT2D eigenvalue weighted by atomic mass is 10.1. The van der Waals surface area contributed by atoms with E-state index in [4.69, 9.17) is 9.71 Å². The van der Waals surface area contributed by atoms with Crippen LogP contribution in [0, 0.1) is 11.6 Å². The number of aromatic nitrogens is 3. The van der Waals surface area contributed by atoms with E-state index in [9.17, 15) is 17.2 Å². The van der Waals surface area contributed by atoms with Gasteiger partial charge in [-0.2, -0.15) is 8.42 Å². The molecule has 0 aliphatic rings. The molecule has 0 fully saturated rings. The third kappa shape index (κ3) is 5.16. The maximum atomic E-state index is 13.5. The first-order chi connectivity index (χ1) is 14.7. The summed E-state index contributed by atoms with van der Waals surface area (Å²) in [4.78, 5) is 10.8. The average Bonchev–Trinajstić information content (AvgIpc) is 3.05. The number of rotatable bonds is 8. The van der Waals surface area contributed by atoms with Crippen LogP contribution in [-0.2, 0) is 23.2 Å². The molecule has 12 heteroatoms. The summed E-state index contributed by atoms with van der Waals surface area (Å²) in [6.45, 7) is 3.56. The van der Waals surface area contributed by atoms with Gasteiger partial charge >= 0.3 is 10.1 Å². The van der Waals surface area contributed by atoms with Crippen molar-refractivity contribution >= 4 is 10.1 Å². The standard InChI is InChI=1S/C19H18F2N6O3S/c1-12(2)18-19(31(28,29)30-16-8-14(20)7-15(21)9-16)25-17(10-24-26-22)27(18)11-13-3-5-23-6-4-13/h3-9,12H,10-11H2,1-2H3. The highest BCUT2D eigenvalue weighted by molar-refractivity contribution is 7.87. The zero-order valence-corrected chi connectivity index (χ0v) is 17.4. The lowest BCUT2D eigenvalue weighted by Crippen LogP contribution is -2.15. The summed E-state index contributed by atoms with van der Waals surface area (Å²) in [5, 5.41) is 3.08. The Morgan fingerprint density at radius 3 is 2.42 bits per heavy atom. The molecule has 2 aromatic heterocycles. The highest BCUT2D eigenvalue weighted by Crippen LogP contribution is 2.29. The van der Waals surface area contributed by atoms with E-state index < -0.39 is 32.5 Å². The van der Waals surface area contributed by atoms with Crippen LogP contribution in [0.25, 0.3) is 10.4 Å². The third-order valence-corrected chi connectivity index (χ3v) is 5.43. The predicted molar refractivity (Wildman–Crippen MR) is 107 cm³/mol. The minimum absolute atomic E-state index is 0.200. The molecule has 0 atom stereocenters. The van der Waals surface area contributed by atoms with E-state index in [1.807, 2.05) is 0 Å². The largest absolute Gasteiger partial charge is 0.378 e. The normalized spacial score (nSPS) is 11.4. The van der Waals surface area contributed by atoms with Crippen LogP contribution in [0.3, 0.4) is 0 Å². The van der Waals surface area contributed by atoms with Crippen LogP contribution < -0.4 is 4.18 Å². The first-order valence-electron chi connectivity index (χ1n) is 9.11. The summed E-state index contributed by atoms with van der Waals surface area (Å²) in [5.41, 5.74) is 9.82. The van der Waals surface area contributed by atoms with Crippen LogP contribution in [-0.4, -0.2) is 23.0 Å². The van der Waals surface area contributed by atoms with Gasteiger partial charge in [-0.1, -0.05) is 19.0 Å². The molecule has 0 saturated heterocycles. The lowest BCUT2D eigenvalue weighted by molar-refractivity contribution is 0.473. The topological polar surface area (TPSA) is 123 Å². The third-order valence-electron chi connectivity index (χ3n) is 4.24. The first-order valence-corrected chi connectivity index (χ1v) is 10.5. The van der Waals surface area contributed by atoms with Crippen molar-refractivity contribution < 1.29 is 21.4 Å². The highest BCUT2D eigenvalue weighted by atomic mass is 32.2. The molecule has 31 heavy (non-hydrogen) atoms. The number of hydrogen-bond acceptors (Lipinski definition) is 6. The van der Waals surface area contributed by atoms with E-state index in [0.29, 0.717) is 11.8 Å². The van der Waals surface area contributed by atoms with E-state index in [0.717, 1.165) is 17.7 Å². The zero-order chi connectivity index (χ0) is 22.6. The van der Waals surface area contributed by atoms with Gasteiger partial charge in [0, 0.05) is 42.0 Å². The van der Waals surface area contributed by atoms with Crippen LogP contribution in [0.5, 0.6) is 5.75 Å². The van der Waals surface area contributed by atoms with Gasteiger partial charge in [0.2, 0.25) is 5.03 Å². The smallest absolute Gasteiger partial charge is 0.358 e. The molecule has 0 N–H and O–H groups in total. The molecule has 3 rings (SSSR count). The predicted octanol–water partition coefficient (Wildman–Crippen LogP) is 4.31. The van der Waals surface area contributed by atoms with Gasteiger partial charge in [0.15, 0.2) is 0 Å². The maximum absolute atomic E-state index is 13.5. The molecule has 0 radical (unpaired) electrons. The maximum Gasteiger partial charge on any atom is 0.358 e. The van der Waals surface area contributed by atoms with Gasteiger partial charge in [-0.25, -0.2) is 13.8 Å². The summed E-state index contributed by atoms with van der Waals surface area (Å²) in [5.74, 6) is -2.62. The fourth-order valence-electron chi connectivity index (χ4n) is 3.04. The molecular formula is C19H18F2N6O3S. The van der Waals surface area contributed by atoms with Crippen LogP contribution >= 0.6 is 0 Å². The Hall–Kier alpha value is -3.50. The minimum Gasteiger partial charge on any atom is -0.378 e. The number of pyridine rings is 1. The van der Waals surface area contributed by atoms with Gasteiger partial charge in [0.05, 0.1) is 12.2 Å². The second kappa shape index (κ2) is 9.11. The van der Waals surface area contributed by atoms with Crippen molar-refractivity contribution in [2.45, 2.75) is 37.9 Å². The monoisotopic (exact) mass is 448 g/mol. The summed E-state index contributed by atoms with van der Waals surface area (Å²) in [6, 6.07) is 5.61. The second-order valence-corrected chi connectivity index (χ2v) is 8.31. The molecule has 0 saturated carbocycles. The molecule has 0 amide bonds. The Bertz CT molecular complexity index is 1220. The molecule has 162 valence electrons. The minimum atomic E-state index is -4.55. The van der Waals surface area contributed by atoms with Crippen molar-refractivity contribution in [1.29, 1.82) is 0 Å². The van der Waals surface area contributed by atoms with E-state index in [1.165, 1.54) is 0 Å². The van der Waals surface area contributed by atoms with Crippen molar-refractivity contribution in [2.24, 2.45) is 5.11 Å². The van der Waals surface area contributed by atoms with Gasteiger partial charge in [0.25, 0.3) is 0 Å². The molecule has 0 aliphatic carbocycles. The molecule has 3 aromatic rings. The van der Waals surface area contributed by atoms with Crippen molar-refractivity contribution in [3.63, 3.8) is 0 Å². The van der Waals surface area contributed by atoms with E-state index in [1.54, 1.807) is 42.9 Å². The van der Waals surface area contributed by atoms with Gasteiger partial charge in [-0.05, 0) is 29.1 Å². The van der Waals surface area contributed by atoms with Crippen LogP contribution in [0.15, 0.2) is 52.9 Å². The summed E-state index contributed by atoms with van der Waals surface area (Å²) in [7, 11) is -4.55. The summed E-state index contributed by atoms with van der Waals surface area (Å²) < 4.78 is 59.5. The Morgan fingerprint density at radius 1 is 1.19 bits per heavy atom. The first kappa shape index (κ1) is 22.2. The highest BCUT2D eigenvalue weighted by Gasteiger charge is 2.30. The van der Waals surface area contributed by atoms with E-state index in [2.05, 4.69) is 20.0 Å². The van der Waals surface area contributed by atoms with E-state index >= 15 is 0 Å². The van der Waals surface area contributed by atoms with Gasteiger partial charge in [0.1, 0.15) is 23.2 Å². The summed E-state index contributed by atoms with van der Waals surface area (Å²) >= 11 is 0. The zero-order valence-electron chi connectivity index (χ0n) is 16.6. The second-order valence-electron chi connectivity index (χ2n) is 6.85. The fourth-order valence-corrected chi connectivity index (χ4v) is 4.29. The van der Waals surface area contributed by atoms with E-state index in [-0.39, 0.29) is 24.8 Å². The number of benzene rings is 1. The summed E-state index contributed by atoms with van der Waals surface area (Å²) in [6.07, 6.45) is 3.18. The van der Waals surface area contributed by atoms with Crippen molar-refractivity contribution in [3.05, 3.63) is 81.9 Å². The lowest BCUT2D eigenvalue weighted by Gasteiger charge is -2.15. The SMILES string of the molecule is CC(C)c1c(S(=O)(=O)Oc2cc(F)cc(F)c2)nc(CN=[N+]=[N-])n1Cc1ccncc1. The number of nitrogens with zero attached hydrogens (tertiary/aromatic N) is 6. The average molecular weight is 448 g/mol. The van der Waals surface area contributed by atoms with Gasteiger partial charge in [-0.15, -0.1) is 0 Å². The Labute approximate surface area is 177 Å². The molecule has 1 aromatic carbocycles. The molecule has 0 bridgehead atoms. The molecule has 0 spiro atoms. The van der Waals surface area contributed by atoms with Crippen LogP contribution in [0.4, 0.5) is 8.78 Å². The Kier molecular flexibility index (Phi) is 6.52. The van der Waals surface area contributed by atoms with Gasteiger partial charge < -0.3 is 8.75 Å². The number of halogens is 2. The number of hydrogen-bond donors (Lipinski definition) is 0. The molecule has 9 nitrogen and oxygen atoms in total. The van der Waals surface area contributed by atoms with Crippen LogP contribution in [0.2, 0.25) is 0 Å². The number of azide groups is 1.